The van der Waals surface area contributed by atoms with E-state index in [0.717, 1.165) is 38.9 Å². The summed E-state index contributed by atoms with van der Waals surface area (Å²) in [6.07, 6.45) is 5.27. The normalized spacial score (nSPS) is 29.4. The fraction of sp³-hybridized carbons (Fsp3) is 0.643. The predicted octanol–water partition coefficient (Wildman–Crippen LogP) is 2.38. The van der Waals surface area contributed by atoms with E-state index >= 15 is 0 Å². The highest BCUT2D eigenvalue weighted by molar-refractivity contribution is 7.07. The first kappa shape index (κ1) is 12.2. The van der Waals surface area contributed by atoms with E-state index in [4.69, 9.17) is 0 Å². The highest BCUT2D eigenvalue weighted by Crippen LogP contribution is 2.30. The number of thiophene rings is 1. The third-order valence-electron chi connectivity index (χ3n) is 4.11. The second kappa shape index (κ2) is 5.02. The van der Waals surface area contributed by atoms with E-state index in [1.807, 2.05) is 0 Å². The van der Waals surface area contributed by atoms with Gasteiger partial charge in [-0.1, -0.05) is 0 Å². The van der Waals surface area contributed by atoms with Crippen LogP contribution in [0.5, 0.6) is 0 Å². The van der Waals surface area contributed by atoms with Gasteiger partial charge in [0.2, 0.25) is 5.91 Å². The smallest absolute Gasteiger partial charge is 0.220 e. The second-order valence-electron chi connectivity index (χ2n) is 5.63. The van der Waals surface area contributed by atoms with Crippen molar-refractivity contribution < 1.29 is 4.79 Å². The SMILES string of the molecule is O=C1CCC[C@@]2(CCCN(Cc3ccsc3)C2)N1. The molecule has 3 heterocycles. The molecule has 0 aliphatic carbocycles. The highest BCUT2D eigenvalue weighted by atomic mass is 32.1. The lowest BCUT2D eigenvalue weighted by molar-refractivity contribution is -0.126. The van der Waals surface area contributed by atoms with Gasteiger partial charge in [-0.15, -0.1) is 0 Å². The van der Waals surface area contributed by atoms with Crippen LogP contribution in [-0.2, 0) is 11.3 Å². The molecule has 1 spiro atoms. The molecule has 18 heavy (non-hydrogen) atoms. The number of hydrogen-bond donors (Lipinski definition) is 1. The molecule has 3 rings (SSSR count). The molecule has 0 saturated carbocycles. The summed E-state index contributed by atoms with van der Waals surface area (Å²) in [5.74, 6) is 0.249. The second-order valence-corrected chi connectivity index (χ2v) is 6.41. The maximum absolute atomic E-state index is 11.6. The van der Waals surface area contributed by atoms with Crippen LogP contribution in [0.2, 0.25) is 0 Å². The zero-order chi connectivity index (χ0) is 12.4. The maximum atomic E-state index is 11.6. The molecule has 0 bridgehead atoms. The fourth-order valence-electron chi connectivity index (χ4n) is 3.32. The Bertz CT molecular complexity index is 413. The van der Waals surface area contributed by atoms with Gasteiger partial charge in [0.05, 0.1) is 5.54 Å². The Kier molecular flexibility index (Phi) is 3.39. The first-order valence-corrected chi connectivity index (χ1v) is 7.75. The minimum Gasteiger partial charge on any atom is -0.349 e. The van der Waals surface area contributed by atoms with Crippen LogP contribution in [0, 0.1) is 0 Å². The number of nitrogens with one attached hydrogen (secondary N) is 1. The monoisotopic (exact) mass is 264 g/mol. The molecule has 2 fully saturated rings. The van der Waals surface area contributed by atoms with E-state index < -0.39 is 0 Å². The van der Waals surface area contributed by atoms with E-state index in [9.17, 15) is 4.79 Å². The Morgan fingerprint density at radius 3 is 3.06 bits per heavy atom. The van der Waals surface area contributed by atoms with Crippen molar-refractivity contribution in [3.8, 4) is 0 Å². The van der Waals surface area contributed by atoms with Crippen LogP contribution < -0.4 is 5.32 Å². The van der Waals surface area contributed by atoms with Gasteiger partial charge in [0.15, 0.2) is 0 Å². The van der Waals surface area contributed by atoms with Gasteiger partial charge in [-0.25, -0.2) is 0 Å². The van der Waals surface area contributed by atoms with Crippen LogP contribution in [-0.4, -0.2) is 29.4 Å². The molecule has 1 amide bonds. The van der Waals surface area contributed by atoms with Gasteiger partial charge in [-0.3, -0.25) is 9.69 Å². The zero-order valence-electron chi connectivity index (χ0n) is 10.7. The van der Waals surface area contributed by atoms with Gasteiger partial charge < -0.3 is 5.32 Å². The molecule has 2 saturated heterocycles. The number of piperidine rings is 2. The Morgan fingerprint density at radius 1 is 1.39 bits per heavy atom. The molecule has 0 radical (unpaired) electrons. The van der Waals surface area contributed by atoms with Gasteiger partial charge in [-0.2, -0.15) is 11.3 Å². The average molecular weight is 264 g/mol. The molecule has 1 atom stereocenters. The summed E-state index contributed by atoms with van der Waals surface area (Å²) < 4.78 is 0. The van der Waals surface area contributed by atoms with Crippen molar-refractivity contribution in [3.63, 3.8) is 0 Å². The molecule has 98 valence electrons. The number of carbonyl (C=O) groups is 1. The van der Waals surface area contributed by atoms with Gasteiger partial charge in [-0.05, 0) is 54.6 Å². The van der Waals surface area contributed by atoms with E-state index in [-0.39, 0.29) is 11.4 Å². The number of nitrogens with zero attached hydrogens (tertiary/aromatic N) is 1. The summed E-state index contributed by atoms with van der Waals surface area (Å²) in [5.41, 5.74) is 1.48. The van der Waals surface area contributed by atoms with Crippen molar-refractivity contribution in [2.75, 3.05) is 13.1 Å². The first-order chi connectivity index (χ1) is 8.76. The zero-order valence-corrected chi connectivity index (χ0v) is 11.5. The number of likely N-dealkylation sites (tertiary alicyclic amines) is 1. The van der Waals surface area contributed by atoms with Gasteiger partial charge >= 0.3 is 0 Å². The van der Waals surface area contributed by atoms with E-state index in [1.165, 1.54) is 12.0 Å². The van der Waals surface area contributed by atoms with E-state index in [1.54, 1.807) is 11.3 Å². The number of carbonyl (C=O) groups excluding carboxylic acids is 1. The number of hydrogen-bond acceptors (Lipinski definition) is 3. The molecular formula is C14H20N2OS. The molecule has 2 aliphatic heterocycles. The van der Waals surface area contributed by atoms with Crippen LogP contribution >= 0.6 is 11.3 Å². The minimum absolute atomic E-state index is 0.0730. The fourth-order valence-corrected chi connectivity index (χ4v) is 3.98. The van der Waals surface area contributed by atoms with Crippen molar-refractivity contribution in [3.05, 3.63) is 22.4 Å². The molecule has 4 heteroatoms. The Hall–Kier alpha value is -0.870. The third-order valence-corrected chi connectivity index (χ3v) is 4.84. The molecule has 1 N–H and O–H groups in total. The van der Waals surface area contributed by atoms with Crippen molar-refractivity contribution in [1.29, 1.82) is 0 Å². The largest absolute Gasteiger partial charge is 0.349 e. The summed E-state index contributed by atoms with van der Waals surface area (Å²) in [4.78, 5) is 14.1. The van der Waals surface area contributed by atoms with Gasteiger partial charge in [0.1, 0.15) is 0 Å². The van der Waals surface area contributed by atoms with Crippen molar-refractivity contribution >= 4 is 17.2 Å². The highest BCUT2D eigenvalue weighted by Gasteiger charge is 2.38. The Balaban J connectivity index is 1.66. The quantitative estimate of drug-likeness (QED) is 0.889. The maximum Gasteiger partial charge on any atom is 0.220 e. The third kappa shape index (κ3) is 2.59. The molecule has 0 unspecified atom stereocenters. The molecule has 3 nitrogen and oxygen atoms in total. The minimum atomic E-state index is 0.0730. The molecule has 1 aromatic rings. The lowest BCUT2D eigenvalue weighted by Crippen LogP contribution is -2.60. The van der Waals surface area contributed by atoms with Crippen LogP contribution in [0.4, 0.5) is 0 Å². The summed E-state index contributed by atoms with van der Waals surface area (Å²) in [6, 6.07) is 2.20. The van der Waals surface area contributed by atoms with Crippen LogP contribution in [0.3, 0.4) is 0 Å². The van der Waals surface area contributed by atoms with Gasteiger partial charge in [0, 0.05) is 19.5 Å². The summed E-state index contributed by atoms with van der Waals surface area (Å²) in [7, 11) is 0. The topological polar surface area (TPSA) is 32.3 Å². The summed E-state index contributed by atoms with van der Waals surface area (Å²) in [6.45, 7) is 3.21. The first-order valence-electron chi connectivity index (χ1n) is 6.80. The lowest BCUT2D eigenvalue weighted by atomic mass is 9.81. The Labute approximate surface area is 112 Å². The van der Waals surface area contributed by atoms with Crippen molar-refractivity contribution in [1.82, 2.24) is 10.2 Å². The van der Waals surface area contributed by atoms with E-state index in [2.05, 4.69) is 27.0 Å². The predicted molar refractivity (Wildman–Crippen MR) is 73.6 cm³/mol. The molecule has 2 aliphatic rings. The molecule has 0 aromatic carbocycles. The summed E-state index contributed by atoms with van der Waals surface area (Å²) in [5, 5.41) is 7.62. The molecular weight excluding hydrogens is 244 g/mol. The van der Waals surface area contributed by atoms with Crippen molar-refractivity contribution in [2.24, 2.45) is 0 Å². The molecule has 1 aromatic heterocycles. The Morgan fingerprint density at radius 2 is 2.28 bits per heavy atom. The van der Waals surface area contributed by atoms with Crippen molar-refractivity contribution in [2.45, 2.75) is 44.2 Å². The van der Waals surface area contributed by atoms with Gasteiger partial charge in [0.25, 0.3) is 0 Å². The number of amides is 1. The van der Waals surface area contributed by atoms with Crippen LogP contribution in [0.15, 0.2) is 16.8 Å². The van der Waals surface area contributed by atoms with Crippen LogP contribution in [0.25, 0.3) is 0 Å². The lowest BCUT2D eigenvalue weighted by Gasteiger charge is -2.45. The average Bonchev–Trinajstić information content (AvgIpc) is 2.81. The van der Waals surface area contributed by atoms with E-state index in [0.29, 0.717) is 6.42 Å². The summed E-state index contributed by atoms with van der Waals surface area (Å²) >= 11 is 1.76. The standard InChI is InChI=1S/C14H20N2OS/c17-13-3-1-5-14(15-13)6-2-7-16(11-14)9-12-4-8-18-10-12/h4,8,10H,1-3,5-7,9,11H2,(H,15,17)/t14-/m0/s1. The van der Waals surface area contributed by atoms with Crippen LogP contribution in [0.1, 0.15) is 37.7 Å². The number of rotatable bonds is 2.